The minimum atomic E-state index is -0.195. The van der Waals surface area contributed by atoms with Gasteiger partial charge in [0.05, 0.1) is 12.8 Å². The third-order valence-corrected chi connectivity index (χ3v) is 7.60. The number of carbonyl (C=O) groups is 2. The Morgan fingerprint density at radius 3 is 1.33 bits per heavy atom. The van der Waals surface area contributed by atoms with E-state index in [1.54, 1.807) is 8.87 Å². The first-order valence-electron chi connectivity index (χ1n) is 9.49. The first-order valence-corrected chi connectivity index (χ1v) is 16.1. The molecule has 2 radical (unpaired) electrons. The summed E-state index contributed by atoms with van der Waals surface area (Å²) < 4.78 is 12.6. The Balaban J connectivity index is -0.000000320. The summed E-state index contributed by atoms with van der Waals surface area (Å²) in [7, 11) is 0. The Morgan fingerprint density at radius 1 is 0.704 bits per heavy atom. The summed E-state index contributed by atoms with van der Waals surface area (Å²) in [6.45, 7) is 5.38. The summed E-state index contributed by atoms with van der Waals surface area (Å²) in [6, 6.07) is 0. The van der Waals surface area contributed by atoms with Crippen molar-refractivity contribution in [2.75, 3.05) is 36.2 Å². The zero-order chi connectivity index (χ0) is 21.2. The van der Waals surface area contributed by atoms with Gasteiger partial charge in [-0.3, -0.25) is 9.59 Å². The summed E-state index contributed by atoms with van der Waals surface area (Å²) in [5.41, 5.74) is 0. The van der Waals surface area contributed by atoms with E-state index in [2.05, 4.69) is 73.8 Å². The number of hydrogen-bond acceptors (Lipinski definition) is 8. The van der Waals surface area contributed by atoms with Crippen LogP contribution in [0.2, 0.25) is 8.87 Å². The van der Waals surface area contributed by atoms with Crippen LogP contribution in [0.15, 0.2) is 0 Å². The number of thiol groups is 4. The van der Waals surface area contributed by atoms with Gasteiger partial charge in [-0.2, -0.15) is 50.5 Å². The van der Waals surface area contributed by atoms with Crippen LogP contribution < -0.4 is 0 Å². The summed E-state index contributed by atoms with van der Waals surface area (Å²) in [5.74, 6) is 1.87. The van der Waals surface area contributed by atoms with Crippen molar-refractivity contribution >= 4 is 83.6 Å². The molecule has 162 valence electrons. The number of unbranched alkanes of at least 4 members (excludes halogenated alkanes) is 2. The van der Waals surface area contributed by atoms with Crippen LogP contribution in [-0.4, -0.2) is 69.3 Å². The molecule has 0 N–H and O–H groups in total. The maximum Gasteiger partial charge on any atom is 0.306 e. The Morgan fingerprint density at radius 2 is 1.07 bits per heavy atom. The van der Waals surface area contributed by atoms with Crippen LogP contribution in [0.25, 0.3) is 0 Å². The molecule has 27 heavy (non-hydrogen) atoms. The second-order valence-electron chi connectivity index (χ2n) is 5.29. The SMILES string of the molecule is CCC[CH2][Sn][CH2]CCC.O=C(CCS)OCCS.O=C(CCS)OCCS. The van der Waals surface area contributed by atoms with Gasteiger partial charge >= 0.3 is 81.5 Å². The van der Waals surface area contributed by atoms with Gasteiger partial charge in [-0.25, -0.2) is 0 Å². The molecule has 0 saturated carbocycles. The van der Waals surface area contributed by atoms with E-state index in [1.807, 2.05) is 0 Å². The van der Waals surface area contributed by atoms with Crippen molar-refractivity contribution in [1.29, 1.82) is 0 Å². The normalized spacial score (nSPS) is 9.41. The molecule has 0 saturated heterocycles. The Kier molecular flexibility index (Phi) is 38.7. The van der Waals surface area contributed by atoms with E-state index in [0.29, 0.717) is 49.1 Å². The van der Waals surface area contributed by atoms with Crippen LogP contribution >= 0.6 is 50.5 Å². The molecule has 0 amide bonds. The van der Waals surface area contributed by atoms with Gasteiger partial charge < -0.3 is 9.47 Å². The van der Waals surface area contributed by atoms with E-state index in [1.165, 1.54) is 25.7 Å². The maximum atomic E-state index is 10.5. The average molecular weight is 565 g/mol. The molecule has 0 spiro atoms. The van der Waals surface area contributed by atoms with Crippen molar-refractivity contribution in [1.82, 2.24) is 0 Å². The molecule has 0 aromatic heterocycles. The maximum absolute atomic E-state index is 10.5. The molecule has 0 aliphatic carbocycles. The standard InChI is InChI=1S/2C5H10O2S2.2C4H9.Sn/c2*6-5(1-3-8)7-2-4-9;2*1-3-4-2;/h2*8-9H,1-4H2;2*1,3-4H2,2H3;. The summed E-state index contributed by atoms with van der Waals surface area (Å²) in [4.78, 5) is 21.0. The van der Waals surface area contributed by atoms with Gasteiger partial charge in [-0.1, -0.05) is 0 Å². The first-order chi connectivity index (χ1) is 13.0. The van der Waals surface area contributed by atoms with Crippen molar-refractivity contribution in [2.45, 2.75) is 61.2 Å². The van der Waals surface area contributed by atoms with Gasteiger partial charge in [0.25, 0.3) is 0 Å². The molecule has 9 heteroatoms. The van der Waals surface area contributed by atoms with Gasteiger partial charge in [0.1, 0.15) is 13.2 Å². The van der Waals surface area contributed by atoms with Crippen molar-refractivity contribution in [3.05, 3.63) is 0 Å². The molecule has 0 aliphatic heterocycles. The Bertz CT molecular complexity index is 283. The number of esters is 2. The summed E-state index contributed by atoms with van der Waals surface area (Å²) in [6.07, 6.45) is 6.61. The molecular formula is C18H38O4S4Sn. The molecule has 0 aliphatic rings. The molecule has 0 unspecified atom stereocenters. The predicted molar refractivity (Wildman–Crippen MR) is 132 cm³/mol. The van der Waals surface area contributed by atoms with Crippen LogP contribution in [0.1, 0.15) is 52.4 Å². The fraction of sp³-hybridized carbons (Fsp3) is 0.889. The molecule has 0 rings (SSSR count). The third kappa shape index (κ3) is 38.4. The fourth-order valence-electron chi connectivity index (χ4n) is 1.37. The molecule has 0 bridgehead atoms. The second-order valence-corrected chi connectivity index (χ2v) is 11.4. The van der Waals surface area contributed by atoms with Crippen LogP contribution in [0.3, 0.4) is 0 Å². The first kappa shape index (κ1) is 32.8. The van der Waals surface area contributed by atoms with Crippen molar-refractivity contribution in [2.24, 2.45) is 0 Å². The van der Waals surface area contributed by atoms with Crippen LogP contribution in [0, 0.1) is 0 Å². The minimum absolute atomic E-state index is 0.149. The molecular weight excluding hydrogens is 527 g/mol. The van der Waals surface area contributed by atoms with Gasteiger partial charge in [0.15, 0.2) is 0 Å². The van der Waals surface area contributed by atoms with E-state index in [0.717, 1.165) is 0 Å². The zero-order valence-electron chi connectivity index (χ0n) is 16.8. The van der Waals surface area contributed by atoms with Crippen molar-refractivity contribution in [3.8, 4) is 0 Å². The number of hydrogen-bond donors (Lipinski definition) is 4. The van der Waals surface area contributed by atoms with E-state index >= 15 is 0 Å². The van der Waals surface area contributed by atoms with Crippen LogP contribution in [0.4, 0.5) is 0 Å². The summed E-state index contributed by atoms with van der Waals surface area (Å²) >= 11 is 15.6. The molecule has 0 heterocycles. The van der Waals surface area contributed by atoms with Crippen molar-refractivity contribution in [3.63, 3.8) is 0 Å². The zero-order valence-corrected chi connectivity index (χ0v) is 23.3. The van der Waals surface area contributed by atoms with Crippen molar-refractivity contribution < 1.29 is 19.1 Å². The molecule has 0 fully saturated rings. The van der Waals surface area contributed by atoms with Gasteiger partial charge in [-0.15, -0.1) is 0 Å². The second kappa shape index (κ2) is 31.8. The number of carbonyl (C=O) groups excluding carboxylic acids is 2. The molecule has 4 nitrogen and oxygen atoms in total. The molecule has 0 aromatic carbocycles. The number of rotatable bonds is 14. The number of ether oxygens (including phenoxy) is 2. The van der Waals surface area contributed by atoms with E-state index in [-0.39, 0.29) is 33.1 Å². The van der Waals surface area contributed by atoms with Gasteiger partial charge in [0.2, 0.25) is 0 Å². The average Bonchev–Trinajstić information content (AvgIpc) is 2.66. The third-order valence-electron chi connectivity index (χ3n) is 2.75. The smallest absolute Gasteiger partial charge is 0.306 e. The molecule has 0 aromatic rings. The van der Waals surface area contributed by atoms with Gasteiger partial charge in [-0.05, 0) is 0 Å². The van der Waals surface area contributed by atoms with Crippen LogP contribution in [-0.2, 0) is 19.1 Å². The molecule has 0 atom stereocenters. The van der Waals surface area contributed by atoms with E-state index in [4.69, 9.17) is 0 Å². The topological polar surface area (TPSA) is 52.6 Å². The van der Waals surface area contributed by atoms with Gasteiger partial charge in [0, 0.05) is 23.0 Å². The Hall–Kier alpha value is 1.14. The summed E-state index contributed by atoms with van der Waals surface area (Å²) in [5, 5.41) is 0. The largest absolute Gasteiger partial charge is 0.465 e. The van der Waals surface area contributed by atoms with E-state index in [9.17, 15) is 9.59 Å². The quantitative estimate of drug-likeness (QED) is 0.107. The Labute approximate surface area is 198 Å². The monoisotopic (exact) mass is 566 g/mol. The van der Waals surface area contributed by atoms with Crippen LogP contribution in [0.5, 0.6) is 0 Å². The fourth-order valence-corrected chi connectivity index (χ4v) is 6.08. The predicted octanol–water partition coefficient (Wildman–Crippen LogP) is 4.69. The van der Waals surface area contributed by atoms with E-state index < -0.39 is 0 Å². The minimum Gasteiger partial charge on any atom is -0.465 e.